The van der Waals surface area contributed by atoms with Gasteiger partial charge in [-0.05, 0) is 44.2 Å². The zero-order valence-corrected chi connectivity index (χ0v) is 17.9. The maximum Gasteiger partial charge on any atom is 0.257 e. The molecule has 4 heterocycles. The van der Waals surface area contributed by atoms with Gasteiger partial charge in [-0.25, -0.2) is 9.97 Å². The number of nitrogens with one attached hydrogen (secondary N) is 3. The number of carbonyl (C=O) groups excluding carboxylic acids is 1. The van der Waals surface area contributed by atoms with E-state index in [-0.39, 0.29) is 18.1 Å². The van der Waals surface area contributed by atoms with Crippen LogP contribution in [0.2, 0.25) is 0 Å². The fraction of sp³-hybridized carbons (Fsp3) is 0.455. The highest BCUT2D eigenvalue weighted by Crippen LogP contribution is 2.28. The van der Waals surface area contributed by atoms with Crippen LogP contribution in [0.15, 0.2) is 30.5 Å². The fourth-order valence-corrected chi connectivity index (χ4v) is 4.07. The average Bonchev–Trinajstić information content (AvgIpc) is 3.26. The number of fused-ring (bicyclic) bond motifs is 1. The Kier molecular flexibility index (Phi) is 5.62. The summed E-state index contributed by atoms with van der Waals surface area (Å²) in [6, 6.07) is 7.38. The number of amides is 1. The van der Waals surface area contributed by atoms with Gasteiger partial charge in [-0.2, -0.15) is 9.61 Å². The molecular formula is C22H27N7O3. The van der Waals surface area contributed by atoms with E-state index in [1.165, 1.54) is 6.20 Å². The zero-order valence-electron chi connectivity index (χ0n) is 17.9. The number of aliphatic hydroxyl groups is 1. The molecule has 1 saturated carbocycles. The van der Waals surface area contributed by atoms with Crippen LogP contribution < -0.4 is 16.0 Å². The van der Waals surface area contributed by atoms with Gasteiger partial charge in [0.15, 0.2) is 5.65 Å². The molecule has 10 nitrogen and oxygen atoms in total. The van der Waals surface area contributed by atoms with E-state index in [9.17, 15) is 9.90 Å². The van der Waals surface area contributed by atoms with Crippen molar-refractivity contribution in [1.29, 1.82) is 0 Å². The van der Waals surface area contributed by atoms with E-state index in [1.807, 2.05) is 24.3 Å². The molecule has 1 saturated heterocycles. The lowest BCUT2D eigenvalue weighted by Crippen LogP contribution is -2.50. The van der Waals surface area contributed by atoms with E-state index in [4.69, 9.17) is 9.72 Å². The lowest BCUT2D eigenvalue weighted by atomic mass is 9.89. The predicted molar refractivity (Wildman–Crippen MR) is 119 cm³/mol. The van der Waals surface area contributed by atoms with Crippen molar-refractivity contribution in [3.63, 3.8) is 0 Å². The van der Waals surface area contributed by atoms with Gasteiger partial charge >= 0.3 is 0 Å². The molecule has 4 N–H and O–H groups in total. The molecule has 10 heteroatoms. The molecule has 3 atom stereocenters. The highest BCUT2D eigenvalue weighted by molar-refractivity contribution is 6.00. The smallest absolute Gasteiger partial charge is 0.257 e. The van der Waals surface area contributed by atoms with E-state index in [2.05, 4.69) is 26.0 Å². The van der Waals surface area contributed by atoms with E-state index < -0.39 is 6.10 Å². The van der Waals surface area contributed by atoms with Gasteiger partial charge in [0, 0.05) is 19.7 Å². The summed E-state index contributed by atoms with van der Waals surface area (Å²) < 4.78 is 7.44. The van der Waals surface area contributed by atoms with Gasteiger partial charge in [0.1, 0.15) is 23.0 Å². The third-order valence-corrected chi connectivity index (χ3v) is 6.06. The molecule has 0 bridgehead atoms. The SMILES string of the molecule is CNc1cc(Nc2cccc([C@H]3CCCCO3)n2)nc2c(C(=O)N[C@@H]3CC[C@@H]3O)cnn12. The maximum atomic E-state index is 12.8. The lowest BCUT2D eigenvalue weighted by Gasteiger charge is -2.32. The second-order valence-electron chi connectivity index (χ2n) is 8.22. The number of nitrogens with zero attached hydrogens (tertiary/aromatic N) is 4. The Bertz CT molecular complexity index is 1130. The van der Waals surface area contributed by atoms with Gasteiger partial charge in [-0.3, -0.25) is 4.79 Å². The number of carbonyl (C=O) groups is 1. The third-order valence-electron chi connectivity index (χ3n) is 6.06. The number of hydrogen-bond acceptors (Lipinski definition) is 8. The Morgan fingerprint density at radius 1 is 1.19 bits per heavy atom. The Morgan fingerprint density at radius 3 is 2.81 bits per heavy atom. The second kappa shape index (κ2) is 8.71. The highest BCUT2D eigenvalue weighted by Gasteiger charge is 2.31. The third kappa shape index (κ3) is 3.98. The summed E-state index contributed by atoms with van der Waals surface area (Å²) in [5, 5.41) is 23.3. The van der Waals surface area contributed by atoms with Gasteiger partial charge in [0.2, 0.25) is 0 Å². The van der Waals surface area contributed by atoms with Crippen LogP contribution in [0.4, 0.5) is 17.5 Å². The molecule has 3 aromatic heterocycles. The number of ether oxygens (including phenoxy) is 1. The standard InChI is InChI=1S/C22H27N7O3/c1-23-20-11-19(27-18-7-4-5-15(25-18)17-6-2-3-10-32-17)28-21-13(12-24-29(20)21)22(31)26-14-8-9-16(14)30/h4-5,7,11-12,14,16-17,23,30H,2-3,6,8-10H2,1H3,(H,26,31)(H,25,27,28)/t14-,16+,17-/m1/s1. The first-order valence-electron chi connectivity index (χ1n) is 11.0. The van der Waals surface area contributed by atoms with Crippen molar-refractivity contribution in [3.05, 3.63) is 41.7 Å². The summed E-state index contributed by atoms with van der Waals surface area (Å²) in [4.78, 5) is 22.1. The largest absolute Gasteiger partial charge is 0.391 e. The molecule has 1 amide bonds. The summed E-state index contributed by atoms with van der Waals surface area (Å²) in [6.45, 7) is 0.762. The van der Waals surface area contributed by atoms with Crippen molar-refractivity contribution < 1.29 is 14.6 Å². The Labute approximate surface area is 185 Å². The summed E-state index contributed by atoms with van der Waals surface area (Å²) in [5.41, 5.74) is 1.66. The van der Waals surface area contributed by atoms with E-state index in [0.29, 0.717) is 35.1 Å². The van der Waals surface area contributed by atoms with Crippen LogP contribution in [0, 0.1) is 0 Å². The summed E-state index contributed by atoms with van der Waals surface area (Å²) >= 11 is 0. The first-order chi connectivity index (χ1) is 15.6. The van der Waals surface area contributed by atoms with Crippen LogP contribution in [0.1, 0.15) is 54.3 Å². The molecule has 1 aliphatic carbocycles. The molecule has 2 aliphatic rings. The minimum absolute atomic E-state index is 0.0146. The molecule has 0 spiro atoms. The zero-order chi connectivity index (χ0) is 22.1. The molecule has 0 radical (unpaired) electrons. The van der Waals surface area contributed by atoms with Crippen molar-refractivity contribution >= 4 is 29.0 Å². The molecule has 168 valence electrons. The normalized spacial score (nSPS) is 22.9. The van der Waals surface area contributed by atoms with Crippen LogP contribution in [0.3, 0.4) is 0 Å². The minimum atomic E-state index is -0.495. The van der Waals surface area contributed by atoms with E-state index in [0.717, 1.165) is 38.0 Å². The molecule has 0 unspecified atom stereocenters. The Hall–Kier alpha value is -3.24. The van der Waals surface area contributed by atoms with E-state index >= 15 is 0 Å². The van der Waals surface area contributed by atoms with Crippen molar-refractivity contribution in [2.24, 2.45) is 0 Å². The van der Waals surface area contributed by atoms with Gasteiger partial charge in [0.05, 0.1) is 30.1 Å². The second-order valence-corrected chi connectivity index (χ2v) is 8.22. The number of aromatic nitrogens is 4. The van der Waals surface area contributed by atoms with E-state index in [1.54, 1.807) is 11.6 Å². The molecular weight excluding hydrogens is 410 g/mol. The molecule has 1 aliphatic heterocycles. The summed E-state index contributed by atoms with van der Waals surface area (Å²) in [6.07, 6.45) is 5.67. The van der Waals surface area contributed by atoms with Crippen LogP contribution in [0.25, 0.3) is 5.65 Å². The predicted octanol–water partition coefficient (Wildman–Crippen LogP) is 2.40. The Balaban J connectivity index is 1.42. The van der Waals surface area contributed by atoms with Crippen LogP contribution in [0.5, 0.6) is 0 Å². The van der Waals surface area contributed by atoms with Crippen molar-refractivity contribution in [2.45, 2.75) is 50.4 Å². The number of aliphatic hydroxyl groups excluding tert-OH is 1. The quantitative estimate of drug-likeness (QED) is 0.463. The molecule has 2 fully saturated rings. The number of rotatable bonds is 6. The van der Waals surface area contributed by atoms with Crippen LogP contribution >= 0.6 is 0 Å². The number of hydrogen-bond donors (Lipinski definition) is 4. The summed E-state index contributed by atoms with van der Waals surface area (Å²) in [7, 11) is 1.78. The summed E-state index contributed by atoms with van der Waals surface area (Å²) in [5.74, 6) is 1.56. The number of anilines is 3. The number of pyridine rings is 1. The monoisotopic (exact) mass is 437 g/mol. The molecule has 0 aromatic carbocycles. The maximum absolute atomic E-state index is 12.8. The highest BCUT2D eigenvalue weighted by atomic mass is 16.5. The van der Waals surface area contributed by atoms with Gasteiger partial charge in [0.25, 0.3) is 5.91 Å². The topological polar surface area (TPSA) is 126 Å². The Morgan fingerprint density at radius 2 is 2.09 bits per heavy atom. The van der Waals surface area contributed by atoms with Crippen LogP contribution in [-0.2, 0) is 4.74 Å². The fourth-order valence-electron chi connectivity index (χ4n) is 4.07. The minimum Gasteiger partial charge on any atom is -0.391 e. The van der Waals surface area contributed by atoms with Crippen molar-refractivity contribution in [3.8, 4) is 0 Å². The van der Waals surface area contributed by atoms with Crippen LogP contribution in [-0.4, -0.2) is 56.4 Å². The first kappa shape index (κ1) is 20.7. The van der Waals surface area contributed by atoms with Crippen molar-refractivity contribution in [2.75, 3.05) is 24.3 Å². The molecule has 5 rings (SSSR count). The average molecular weight is 438 g/mol. The first-order valence-corrected chi connectivity index (χ1v) is 11.0. The van der Waals surface area contributed by atoms with Gasteiger partial charge < -0.3 is 25.8 Å². The molecule has 3 aromatic rings. The van der Waals surface area contributed by atoms with Gasteiger partial charge in [-0.1, -0.05) is 6.07 Å². The van der Waals surface area contributed by atoms with Crippen molar-refractivity contribution in [1.82, 2.24) is 24.9 Å². The molecule has 32 heavy (non-hydrogen) atoms. The van der Waals surface area contributed by atoms with Gasteiger partial charge in [-0.15, -0.1) is 0 Å². The lowest BCUT2D eigenvalue weighted by molar-refractivity contribution is 0.0124.